The minimum Gasteiger partial charge on any atom is -0.398 e. The predicted molar refractivity (Wildman–Crippen MR) is 66.5 cm³/mol. The van der Waals surface area contributed by atoms with Crippen molar-refractivity contribution in [2.75, 3.05) is 5.73 Å². The average Bonchev–Trinajstić information content (AvgIpc) is 2.28. The summed E-state index contributed by atoms with van der Waals surface area (Å²) in [6.45, 7) is 0. The van der Waals surface area contributed by atoms with Crippen LogP contribution in [-0.2, 0) is 0 Å². The molecule has 92 valence electrons. The molecule has 0 radical (unpaired) electrons. The summed E-state index contributed by atoms with van der Waals surface area (Å²) in [6.07, 6.45) is 1.36. The molecule has 0 unspecified atom stereocenters. The van der Waals surface area contributed by atoms with E-state index in [-0.39, 0.29) is 16.9 Å². The molecule has 8 heteroatoms. The van der Waals surface area contributed by atoms with Crippen molar-refractivity contribution in [1.82, 2.24) is 9.97 Å². The van der Waals surface area contributed by atoms with Crippen molar-refractivity contribution in [3.8, 4) is 0 Å². The van der Waals surface area contributed by atoms with Crippen LogP contribution in [0.4, 0.5) is 11.4 Å². The Kier molecular flexibility index (Phi) is 3.28. The molecule has 2 aromatic rings. The maximum atomic E-state index is 11.1. The molecule has 0 bridgehead atoms. The van der Waals surface area contributed by atoms with Gasteiger partial charge in [0.2, 0.25) is 0 Å². The Balaban J connectivity index is 2.34. The first-order chi connectivity index (χ1) is 8.54. The fourth-order valence-corrected chi connectivity index (χ4v) is 2.15. The molecule has 3 N–H and O–H groups in total. The number of hydrogen-bond acceptors (Lipinski definition) is 6. The van der Waals surface area contributed by atoms with Gasteiger partial charge >= 0.3 is 0 Å². The Labute approximate surface area is 105 Å². The standard InChI is InChI=1S/C10H8N4O3S/c11-6-3-7(14(16)17)5-8(4-6)18-10-12-2-1-9(15)13-10/h1-5H,11H2,(H,12,13,15). The number of aromatic amines is 1. The molecule has 0 saturated carbocycles. The number of aromatic nitrogens is 2. The van der Waals surface area contributed by atoms with E-state index in [1.807, 2.05) is 0 Å². The number of nitrogen functional groups attached to an aromatic ring is 1. The van der Waals surface area contributed by atoms with Crippen LogP contribution in [0.25, 0.3) is 0 Å². The molecule has 0 saturated heterocycles. The second-order valence-corrected chi connectivity index (χ2v) is 4.42. The summed E-state index contributed by atoms with van der Waals surface area (Å²) in [4.78, 5) is 28.2. The fourth-order valence-electron chi connectivity index (χ4n) is 1.29. The molecule has 0 atom stereocenters. The number of nitro groups is 1. The first kappa shape index (κ1) is 12.1. The molecule has 1 aromatic carbocycles. The van der Waals surface area contributed by atoms with Crippen molar-refractivity contribution < 1.29 is 4.92 Å². The summed E-state index contributed by atoms with van der Waals surface area (Å²) < 4.78 is 0. The number of rotatable bonds is 3. The second kappa shape index (κ2) is 4.88. The molecule has 0 aliphatic carbocycles. The number of nitrogens with one attached hydrogen (secondary N) is 1. The number of hydrogen-bond donors (Lipinski definition) is 2. The van der Waals surface area contributed by atoms with Crippen molar-refractivity contribution in [3.63, 3.8) is 0 Å². The average molecular weight is 264 g/mol. The monoisotopic (exact) mass is 264 g/mol. The summed E-state index contributed by atoms with van der Waals surface area (Å²) in [6, 6.07) is 5.50. The van der Waals surface area contributed by atoms with Crippen molar-refractivity contribution in [3.05, 3.63) is 50.9 Å². The van der Waals surface area contributed by atoms with Gasteiger partial charge in [0.05, 0.1) is 4.92 Å². The molecule has 7 nitrogen and oxygen atoms in total. The molecule has 18 heavy (non-hydrogen) atoms. The Morgan fingerprint density at radius 1 is 1.39 bits per heavy atom. The topological polar surface area (TPSA) is 115 Å². The van der Waals surface area contributed by atoms with E-state index in [0.717, 1.165) is 11.8 Å². The third-order valence-corrected chi connectivity index (χ3v) is 2.86. The minimum absolute atomic E-state index is 0.101. The third kappa shape index (κ3) is 2.86. The number of anilines is 1. The van der Waals surface area contributed by atoms with Gasteiger partial charge in [-0.25, -0.2) is 4.98 Å². The van der Waals surface area contributed by atoms with E-state index in [1.165, 1.54) is 24.4 Å². The Bertz CT molecular complexity index is 656. The highest BCUT2D eigenvalue weighted by atomic mass is 32.2. The van der Waals surface area contributed by atoms with Crippen molar-refractivity contribution in [1.29, 1.82) is 0 Å². The van der Waals surface area contributed by atoms with Gasteiger partial charge in [0, 0.05) is 35.0 Å². The summed E-state index contributed by atoms with van der Waals surface area (Å²) >= 11 is 1.10. The highest BCUT2D eigenvalue weighted by molar-refractivity contribution is 7.99. The smallest absolute Gasteiger partial charge is 0.272 e. The Morgan fingerprint density at radius 3 is 2.83 bits per heavy atom. The van der Waals surface area contributed by atoms with E-state index >= 15 is 0 Å². The first-order valence-corrected chi connectivity index (χ1v) is 5.64. The van der Waals surface area contributed by atoms with Gasteiger partial charge in [-0.15, -0.1) is 0 Å². The van der Waals surface area contributed by atoms with Crippen LogP contribution in [0.2, 0.25) is 0 Å². The molecule has 0 aliphatic heterocycles. The summed E-state index contributed by atoms with van der Waals surface area (Å²) in [5.41, 5.74) is 5.47. The molecule has 0 spiro atoms. The normalized spacial score (nSPS) is 10.2. The molecule has 0 amide bonds. The SMILES string of the molecule is Nc1cc(Sc2nccc(=O)[nH]2)cc([N+](=O)[O-])c1. The zero-order chi connectivity index (χ0) is 13.1. The number of non-ortho nitro benzene ring substituents is 1. The van der Waals surface area contributed by atoms with Gasteiger partial charge in [0.15, 0.2) is 5.16 Å². The molecule has 2 rings (SSSR count). The van der Waals surface area contributed by atoms with Crippen molar-refractivity contribution in [2.45, 2.75) is 10.1 Å². The number of nitrogens with zero attached hydrogens (tertiary/aromatic N) is 2. The van der Waals surface area contributed by atoms with E-state index in [1.54, 1.807) is 6.07 Å². The zero-order valence-corrected chi connectivity index (χ0v) is 9.81. The van der Waals surface area contributed by atoms with Gasteiger partial charge in [-0.2, -0.15) is 0 Å². The minimum atomic E-state index is -0.526. The zero-order valence-electron chi connectivity index (χ0n) is 8.99. The Morgan fingerprint density at radius 2 is 2.17 bits per heavy atom. The van der Waals surface area contributed by atoms with Gasteiger partial charge in [-0.05, 0) is 6.07 Å². The summed E-state index contributed by atoms with van der Waals surface area (Å²) in [7, 11) is 0. The first-order valence-electron chi connectivity index (χ1n) is 4.83. The lowest BCUT2D eigenvalue weighted by molar-refractivity contribution is -0.385. The van der Waals surface area contributed by atoms with E-state index < -0.39 is 4.92 Å². The number of nitro benzene ring substituents is 1. The highest BCUT2D eigenvalue weighted by Crippen LogP contribution is 2.29. The molecular weight excluding hydrogens is 256 g/mol. The molecule has 1 heterocycles. The lowest BCUT2D eigenvalue weighted by atomic mass is 10.3. The van der Waals surface area contributed by atoms with Gasteiger partial charge < -0.3 is 10.7 Å². The van der Waals surface area contributed by atoms with Crippen LogP contribution in [0, 0.1) is 10.1 Å². The molecule has 1 aromatic heterocycles. The fraction of sp³-hybridized carbons (Fsp3) is 0. The molecular formula is C10H8N4O3S. The lowest BCUT2D eigenvalue weighted by Crippen LogP contribution is -2.05. The largest absolute Gasteiger partial charge is 0.398 e. The summed E-state index contributed by atoms with van der Waals surface area (Å²) in [5.74, 6) is 0. The van der Waals surface area contributed by atoms with Crippen LogP contribution in [0.1, 0.15) is 0 Å². The molecule has 0 aliphatic rings. The van der Waals surface area contributed by atoms with E-state index in [9.17, 15) is 14.9 Å². The van der Waals surface area contributed by atoms with Crippen LogP contribution in [0.5, 0.6) is 0 Å². The van der Waals surface area contributed by atoms with Crippen LogP contribution in [-0.4, -0.2) is 14.9 Å². The third-order valence-electron chi connectivity index (χ3n) is 1.99. The van der Waals surface area contributed by atoms with E-state index in [4.69, 9.17) is 5.73 Å². The van der Waals surface area contributed by atoms with Gasteiger partial charge in [-0.1, -0.05) is 11.8 Å². The predicted octanol–water partition coefficient (Wildman–Crippen LogP) is 1.41. The maximum Gasteiger partial charge on any atom is 0.272 e. The number of benzene rings is 1. The maximum absolute atomic E-state index is 11.1. The highest BCUT2D eigenvalue weighted by Gasteiger charge is 2.10. The lowest BCUT2D eigenvalue weighted by Gasteiger charge is -2.02. The van der Waals surface area contributed by atoms with Gasteiger partial charge in [0.25, 0.3) is 11.2 Å². The summed E-state index contributed by atoms with van der Waals surface area (Å²) in [5, 5.41) is 11.0. The van der Waals surface area contributed by atoms with Crippen molar-refractivity contribution >= 4 is 23.1 Å². The second-order valence-electron chi connectivity index (χ2n) is 3.36. The van der Waals surface area contributed by atoms with Gasteiger partial charge in [-0.3, -0.25) is 14.9 Å². The van der Waals surface area contributed by atoms with E-state index in [2.05, 4.69) is 9.97 Å². The number of nitrogens with two attached hydrogens (primary N) is 1. The van der Waals surface area contributed by atoms with Crippen LogP contribution >= 0.6 is 11.8 Å². The van der Waals surface area contributed by atoms with Crippen LogP contribution < -0.4 is 11.3 Å². The van der Waals surface area contributed by atoms with E-state index in [0.29, 0.717) is 10.1 Å². The number of H-pyrrole nitrogens is 1. The van der Waals surface area contributed by atoms with Crippen molar-refractivity contribution in [2.24, 2.45) is 0 Å². The quantitative estimate of drug-likeness (QED) is 0.375. The van der Waals surface area contributed by atoms with Gasteiger partial charge in [0.1, 0.15) is 0 Å². The Hall–Kier alpha value is -2.35. The molecule has 0 fully saturated rings. The van der Waals surface area contributed by atoms with Crippen LogP contribution in [0.3, 0.4) is 0 Å². The van der Waals surface area contributed by atoms with Crippen LogP contribution in [0.15, 0.2) is 45.3 Å².